The van der Waals surface area contributed by atoms with Crippen LogP contribution in [0.2, 0.25) is 0 Å². The van der Waals surface area contributed by atoms with Gasteiger partial charge in [-0.25, -0.2) is 9.18 Å². The van der Waals surface area contributed by atoms with E-state index in [0.717, 1.165) is 25.3 Å². The Bertz CT molecular complexity index is 351. The van der Waals surface area contributed by atoms with Crippen molar-refractivity contribution in [2.45, 2.75) is 6.10 Å². The third-order valence-electron chi connectivity index (χ3n) is 1.71. The molecule has 0 saturated carbocycles. The first-order valence-electron chi connectivity index (χ1n) is 3.80. The Morgan fingerprint density at radius 2 is 2.21 bits per heavy atom. The van der Waals surface area contributed by atoms with Gasteiger partial charge < -0.3 is 14.9 Å². The molecule has 0 aliphatic carbocycles. The molecule has 0 aliphatic heterocycles. The van der Waals surface area contributed by atoms with E-state index in [-0.39, 0.29) is 5.56 Å². The SMILES string of the molecule is COC(=O)C(O)c1ccc(F)cc1O. The van der Waals surface area contributed by atoms with Crippen LogP contribution in [-0.2, 0) is 9.53 Å². The average Bonchev–Trinajstić information content (AvgIpc) is 2.15. The maximum atomic E-state index is 12.5. The van der Waals surface area contributed by atoms with Gasteiger partial charge in [0, 0.05) is 11.6 Å². The summed E-state index contributed by atoms with van der Waals surface area (Å²) in [7, 11) is 1.10. The lowest BCUT2D eigenvalue weighted by Crippen LogP contribution is -2.13. The number of phenols is 1. The molecule has 0 spiro atoms. The number of aliphatic hydroxyl groups is 1. The highest BCUT2D eigenvalue weighted by atomic mass is 19.1. The smallest absolute Gasteiger partial charge is 0.339 e. The molecule has 14 heavy (non-hydrogen) atoms. The van der Waals surface area contributed by atoms with Crippen molar-refractivity contribution in [3.8, 4) is 5.75 Å². The maximum absolute atomic E-state index is 12.5. The summed E-state index contributed by atoms with van der Waals surface area (Å²) in [5.74, 6) is -2.04. The highest BCUT2D eigenvalue weighted by molar-refractivity contribution is 5.77. The summed E-state index contributed by atoms with van der Waals surface area (Å²) in [6.07, 6.45) is -1.60. The molecule has 0 heterocycles. The fraction of sp³-hybridized carbons (Fsp3) is 0.222. The van der Waals surface area contributed by atoms with E-state index in [2.05, 4.69) is 4.74 Å². The molecule has 1 unspecified atom stereocenters. The van der Waals surface area contributed by atoms with Gasteiger partial charge in [-0.15, -0.1) is 0 Å². The molecule has 0 amide bonds. The highest BCUT2D eigenvalue weighted by Gasteiger charge is 2.21. The summed E-state index contributed by atoms with van der Waals surface area (Å²) < 4.78 is 16.8. The fourth-order valence-electron chi connectivity index (χ4n) is 0.987. The molecule has 1 rings (SSSR count). The van der Waals surface area contributed by atoms with Gasteiger partial charge in [-0.05, 0) is 12.1 Å². The second-order valence-electron chi connectivity index (χ2n) is 2.63. The zero-order valence-corrected chi connectivity index (χ0v) is 7.40. The van der Waals surface area contributed by atoms with E-state index >= 15 is 0 Å². The number of methoxy groups -OCH3 is 1. The van der Waals surface area contributed by atoms with Gasteiger partial charge in [-0.3, -0.25) is 0 Å². The number of phenolic OH excluding ortho intramolecular Hbond substituents is 1. The molecule has 0 radical (unpaired) electrons. The minimum absolute atomic E-state index is 0.0850. The van der Waals surface area contributed by atoms with E-state index in [1.165, 1.54) is 0 Å². The molecular weight excluding hydrogens is 191 g/mol. The Kier molecular flexibility index (Phi) is 3.03. The number of carbonyl (C=O) groups is 1. The van der Waals surface area contributed by atoms with Crippen molar-refractivity contribution < 1.29 is 24.1 Å². The van der Waals surface area contributed by atoms with Gasteiger partial charge >= 0.3 is 5.97 Å². The van der Waals surface area contributed by atoms with Crippen molar-refractivity contribution in [2.75, 3.05) is 7.11 Å². The predicted octanol–water partition coefficient (Wildman–Crippen LogP) is 0.738. The highest BCUT2D eigenvalue weighted by Crippen LogP contribution is 2.25. The molecule has 76 valence electrons. The molecular formula is C9H9FO4. The molecule has 0 fully saturated rings. The van der Waals surface area contributed by atoms with E-state index < -0.39 is 23.6 Å². The Morgan fingerprint density at radius 1 is 1.57 bits per heavy atom. The van der Waals surface area contributed by atoms with Gasteiger partial charge in [-0.1, -0.05) is 0 Å². The largest absolute Gasteiger partial charge is 0.507 e. The third-order valence-corrected chi connectivity index (χ3v) is 1.71. The van der Waals surface area contributed by atoms with Gasteiger partial charge in [0.2, 0.25) is 0 Å². The second-order valence-corrected chi connectivity index (χ2v) is 2.63. The van der Waals surface area contributed by atoms with E-state index in [1.807, 2.05) is 0 Å². The number of aromatic hydroxyl groups is 1. The van der Waals surface area contributed by atoms with Crippen molar-refractivity contribution in [3.63, 3.8) is 0 Å². The van der Waals surface area contributed by atoms with Crippen molar-refractivity contribution in [1.29, 1.82) is 0 Å². The van der Waals surface area contributed by atoms with E-state index in [9.17, 15) is 19.4 Å². The lowest BCUT2D eigenvalue weighted by molar-refractivity contribution is -0.150. The first-order valence-corrected chi connectivity index (χ1v) is 3.80. The van der Waals surface area contributed by atoms with Crippen LogP contribution in [0.15, 0.2) is 18.2 Å². The number of hydrogen-bond donors (Lipinski definition) is 2. The normalized spacial score (nSPS) is 12.2. The first kappa shape index (κ1) is 10.5. The van der Waals surface area contributed by atoms with Crippen molar-refractivity contribution >= 4 is 5.97 Å². The summed E-state index contributed by atoms with van der Waals surface area (Å²) in [4.78, 5) is 10.9. The molecule has 0 aliphatic rings. The zero-order valence-electron chi connectivity index (χ0n) is 7.40. The molecule has 0 aromatic heterocycles. The van der Waals surface area contributed by atoms with Crippen molar-refractivity contribution in [1.82, 2.24) is 0 Å². The number of rotatable bonds is 2. The Balaban J connectivity index is 3.01. The number of halogens is 1. The van der Waals surface area contributed by atoms with E-state index in [4.69, 9.17) is 0 Å². The number of hydrogen-bond acceptors (Lipinski definition) is 4. The Hall–Kier alpha value is -1.62. The van der Waals surface area contributed by atoms with Crippen molar-refractivity contribution in [2.24, 2.45) is 0 Å². The maximum Gasteiger partial charge on any atom is 0.339 e. The molecule has 1 aromatic rings. The lowest BCUT2D eigenvalue weighted by atomic mass is 10.1. The number of ether oxygens (including phenoxy) is 1. The van der Waals surface area contributed by atoms with Crippen molar-refractivity contribution in [3.05, 3.63) is 29.6 Å². The summed E-state index contributed by atoms with van der Waals surface area (Å²) >= 11 is 0. The van der Waals surface area contributed by atoms with Gasteiger partial charge in [0.1, 0.15) is 11.6 Å². The summed E-state index contributed by atoms with van der Waals surface area (Å²) in [5, 5.41) is 18.5. The van der Waals surface area contributed by atoms with Crippen LogP contribution in [0.4, 0.5) is 4.39 Å². The number of carbonyl (C=O) groups excluding carboxylic acids is 1. The second kappa shape index (κ2) is 4.06. The van der Waals surface area contributed by atoms with Crippen LogP contribution in [-0.4, -0.2) is 23.3 Å². The molecule has 0 saturated heterocycles. The molecule has 1 atom stereocenters. The molecule has 2 N–H and O–H groups in total. The quantitative estimate of drug-likeness (QED) is 0.691. The van der Waals surface area contributed by atoms with Crippen LogP contribution < -0.4 is 0 Å². The number of esters is 1. The first-order chi connectivity index (χ1) is 6.56. The van der Waals surface area contributed by atoms with Gasteiger partial charge in [-0.2, -0.15) is 0 Å². The zero-order chi connectivity index (χ0) is 10.7. The van der Waals surface area contributed by atoms with Crippen LogP contribution >= 0.6 is 0 Å². The van der Waals surface area contributed by atoms with Crippen LogP contribution in [0.3, 0.4) is 0 Å². The molecule has 4 nitrogen and oxygen atoms in total. The molecule has 1 aromatic carbocycles. The number of benzene rings is 1. The van der Waals surface area contributed by atoms with Crippen LogP contribution in [0, 0.1) is 5.82 Å². The summed E-state index contributed by atoms with van der Waals surface area (Å²) in [5.41, 5.74) is -0.0850. The van der Waals surface area contributed by atoms with Crippen LogP contribution in [0.1, 0.15) is 11.7 Å². The van der Waals surface area contributed by atoms with Crippen LogP contribution in [0.25, 0.3) is 0 Å². The minimum Gasteiger partial charge on any atom is -0.507 e. The lowest BCUT2D eigenvalue weighted by Gasteiger charge is -2.09. The molecule has 0 bridgehead atoms. The average molecular weight is 200 g/mol. The van der Waals surface area contributed by atoms with Gasteiger partial charge in [0.25, 0.3) is 0 Å². The predicted molar refractivity (Wildman–Crippen MR) is 45.0 cm³/mol. The summed E-state index contributed by atoms with van der Waals surface area (Å²) in [6.45, 7) is 0. The topological polar surface area (TPSA) is 66.8 Å². The Labute approximate surface area is 79.6 Å². The monoisotopic (exact) mass is 200 g/mol. The van der Waals surface area contributed by atoms with E-state index in [1.54, 1.807) is 0 Å². The van der Waals surface area contributed by atoms with Gasteiger partial charge in [0.15, 0.2) is 6.10 Å². The Morgan fingerprint density at radius 3 is 2.71 bits per heavy atom. The van der Waals surface area contributed by atoms with Gasteiger partial charge in [0.05, 0.1) is 7.11 Å². The third kappa shape index (κ3) is 2.00. The number of aliphatic hydroxyl groups excluding tert-OH is 1. The summed E-state index contributed by atoms with van der Waals surface area (Å²) in [6, 6.07) is 2.95. The molecule has 5 heteroatoms. The van der Waals surface area contributed by atoms with E-state index in [0.29, 0.717) is 0 Å². The minimum atomic E-state index is -1.60. The standard InChI is InChI=1S/C9H9FO4/c1-14-9(13)8(12)6-3-2-5(10)4-7(6)11/h2-4,8,11-12H,1H3. The van der Waals surface area contributed by atoms with Crippen LogP contribution in [0.5, 0.6) is 5.75 Å². The fourth-order valence-corrected chi connectivity index (χ4v) is 0.987.